The second kappa shape index (κ2) is 7.32. The highest BCUT2D eigenvalue weighted by atomic mass is 19.1. The number of nitrogens with zero attached hydrogens (tertiary/aromatic N) is 1. The number of rotatable bonds is 2. The molecule has 0 unspecified atom stereocenters. The van der Waals surface area contributed by atoms with Gasteiger partial charge in [0, 0.05) is 5.92 Å². The molecule has 2 aromatic rings. The molecule has 0 saturated carbocycles. The molecule has 5 heteroatoms. The fourth-order valence-electron chi connectivity index (χ4n) is 3.83. The van der Waals surface area contributed by atoms with Crippen molar-refractivity contribution in [1.29, 1.82) is 5.26 Å². The van der Waals surface area contributed by atoms with Crippen molar-refractivity contribution < 1.29 is 13.5 Å². The Kier molecular flexibility index (Phi) is 4.70. The van der Waals surface area contributed by atoms with Crippen molar-refractivity contribution in [3.05, 3.63) is 99.7 Å². The van der Waals surface area contributed by atoms with E-state index in [2.05, 4.69) is 6.07 Å². The molecule has 0 amide bonds. The predicted octanol–water partition coefficient (Wildman–Crippen LogP) is 5.29. The first-order chi connectivity index (χ1) is 13.6. The summed E-state index contributed by atoms with van der Waals surface area (Å²) in [6, 6.07) is 14.5. The van der Waals surface area contributed by atoms with E-state index >= 15 is 0 Å². The Balaban J connectivity index is 1.82. The number of halogens is 2. The molecule has 2 aliphatic rings. The maximum atomic E-state index is 13.4. The normalized spacial score (nSPS) is 20.6. The molecule has 2 aromatic carbocycles. The molecule has 1 aliphatic carbocycles. The smallest absolute Gasteiger partial charge is 0.205 e. The molecule has 0 fully saturated rings. The molecule has 1 atom stereocenters. The van der Waals surface area contributed by atoms with Gasteiger partial charge in [-0.15, -0.1) is 0 Å². The first kappa shape index (κ1) is 18.0. The van der Waals surface area contributed by atoms with Gasteiger partial charge in [0.2, 0.25) is 5.88 Å². The van der Waals surface area contributed by atoms with Crippen molar-refractivity contribution in [2.45, 2.75) is 25.2 Å². The minimum absolute atomic E-state index is 0.0717. The summed E-state index contributed by atoms with van der Waals surface area (Å²) < 4.78 is 32.5. The summed E-state index contributed by atoms with van der Waals surface area (Å²) in [6.07, 6.45) is 4.41. The molecule has 3 nitrogen and oxygen atoms in total. The number of hydrogen-bond donors (Lipinski definition) is 1. The van der Waals surface area contributed by atoms with E-state index in [4.69, 9.17) is 10.5 Å². The van der Waals surface area contributed by atoms with Crippen LogP contribution in [0.1, 0.15) is 36.3 Å². The summed E-state index contributed by atoms with van der Waals surface area (Å²) in [5.41, 5.74) is 10.0. The van der Waals surface area contributed by atoms with Crippen molar-refractivity contribution >= 4 is 6.08 Å². The third-order valence-corrected chi connectivity index (χ3v) is 5.12. The van der Waals surface area contributed by atoms with Gasteiger partial charge in [-0.05, 0) is 71.9 Å². The minimum atomic E-state index is -0.355. The van der Waals surface area contributed by atoms with Gasteiger partial charge in [0.15, 0.2) is 0 Å². The molecule has 140 valence electrons. The molecule has 0 radical (unpaired) electrons. The highest BCUT2D eigenvalue weighted by molar-refractivity contribution is 5.62. The van der Waals surface area contributed by atoms with Gasteiger partial charge in [0.1, 0.15) is 29.0 Å². The zero-order valence-electron chi connectivity index (χ0n) is 15.1. The molecular weight excluding hydrogens is 358 g/mol. The van der Waals surface area contributed by atoms with E-state index in [1.54, 1.807) is 24.3 Å². The van der Waals surface area contributed by atoms with Gasteiger partial charge >= 0.3 is 0 Å². The Hall–Kier alpha value is -3.39. The van der Waals surface area contributed by atoms with Gasteiger partial charge in [-0.1, -0.05) is 24.3 Å². The van der Waals surface area contributed by atoms with Crippen LogP contribution in [0.2, 0.25) is 0 Å². The third-order valence-electron chi connectivity index (χ3n) is 5.12. The lowest BCUT2D eigenvalue weighted by Gasteiger charge is -2.33. The lowest BCUT2D eigenvalue weighted by Crippen LogP contribution is -2.23. The summed E-state index contributed by atoms with van der Waals surface area (Å²) in [7, 11) is 0. The monoisotopic (exact) mass is 376 g/mol. The van der Waals surface area contributed by atoms with Crippen LogP contribution in [0.15, 0.2) is 76.9 Å². The van der Waals surface area contributed by atoms with E-state index in [1.807, 2.05) is 6.08 Å². The molecule has 1 heterocycles. The average molecular weight is 376 g/mol. The first-order valence-electron chi connectivity index (χ1n) is 9.09. The largest absolute Gasteiger partial charge is 0.440 e. The fourth-order valence-corrected chi connectivity index (χ4v) is 3.83. The second-order valence-electron chi connectivity index (χ2n) is 6.91. The number of nitriles is 1. The van der Waals surface area contributed by atoms with Gasteiger partial charge in [0.25, 0.3) is 0 Å². The molecule has 0 spiro atoms. The van der Waals surface area contributed by atoms with Gasteiger partial charge in [-0.3, -0.25) is 0 Å². The van der Waals surface area contributed by atoms with E-state index in [-0.39, 0.29) is 23.4 Å². The van der Waals surface area contributed by atoms with E-state index in [0.717, 1.165) is 41.5 Å². The highest BCUT2D eigenvalue weighted by Gasteiger charge is 2.35. The Labute approximate surface area is 162 Å². The van der Waals surface area contributed by atoms with Gasteiger partial charge in [0.05, 0.1) is 0 Å². The van der Waals surface area contributed by atoms with Crippen molar-refractivity contribution in [2.75, 3.05) is 0 Å². The quantitative estimate of drug-likeness (QED) is 0.774. The number of ether oxygens (including phenoxy) is 1. The molecular formula is C23H18F2N2O. The van der Waals surface area contributed by atoms with Crippen LogP contribution in [0.3, 0.4) is 0 Å². The Morgan fingerprint density at radius 3 is 2.29 bits per heavy atom. The Bertz CT molecular complexity index is 1040. The molecule has 2 N–H and O–H groups in total. The van der Waals surface area contributed by atoms with Crippen molar-refractivity contribution in [1.82, 2.24) is 0 Å². The first-order valence-corrected chi connectivity index (χ1v) is 9.09. The predicted molar refractivity (Wildman–Crippen MR) is 102 cm³/mol. The van der Waals surface area contributed by atoms with Crippen molar-refractivity contribution in [3.63, 3.8) is 0 Å². The van der Waals surface area contributed by atoms with Crippen LogP contribution < -0.4 is 5.73 Å². The number of benzene rings is 2. The molecule has 1 aliphatic heterocycles. The Morgan fingerprint density at radius 2 is 1.64 bits per heavy atom. The van der Waals surface area contributed by atoms with Gasteiger partial charge < -0.3 is 10.5 Å². The topological polar surface area (TPSA) is 59.0 Å². The van der Waals surface area contributed by atoms with Crippen LogP contribution in [0.4, 0.5) is 8.78 Å². The van der Waals surface area contributed by atoms with Crippen molar-refractivity contribution in [3.8, 4) is 6.07 Å². The van der Waals surface area contributed by atoms with Crippen molar-refractivity contribution in [2.24, 2.45) is 5.73 Å². The van der Waals surface area contributed by atoms with Crippen LogP contribution in [0, 0.1) is 23.0 Å². The maximum Gasteiger partial charge on any atom is 0.205 e. The van der Waals surface area contributed by atoms with Crippen LogP contribution in [-0.2, 0) is 4.74 Å². The zero-order chi connectivity index (χ0) is 19.7. The highest BCUT2D eigenvalue weighted by Crippen LogP contribution is 2.46. The third kappa shape index (κ3) is 3.29. The van der Waals surface area contributed by atoms with E-state index < -0.39 is 0 Å². The SMILES string of the molecule is N#CC1=C(N)OC2=C(CCC/C2=C/c2ccc(F)cc2)[C@@H]1c1ccc(F)cc1. The van der Waals surface area contributed by atoms with Crippen LogP contribution >= 0.6 is 0 Å². The lowest BCUT2D eigenvalue weighted by molar-refractivity contribution is 0.277. The number of nitrogens with two attached hydrogens (primary N) is 1. The summed E-state index contributed by atoms with van der Waals surface area (Å²) in [5, 5.41) is 9.65. The second-order valence-corrected chi connectivity index (χ2v) is 6.91. The van der Waals surface area contributed by atoms with Crippen LogP contribution in [-0.4, -0.2) is 0 Å². The number of allylic oxidation sites excluding steroid dienone is 3. The molecule has 28 heavy (non-hydrogen) atoms. The number of hydrogen-bond acceptors (Lipinski definition) is 3. The van der Waals surface area contributed by atoms with Crippen LogP contribution in [0.25, 0.3) is 6.08 Å². The standard InChI is InChI=1S/C23H18F2N2O/c24-17-8-4-14(5-9-17)12-16-2-1-3-19-21(15-6-10-18(25)11-7-15)20(13-26)23(27)28-22(16)19/h4-12,21H,1-3,27H2/b16-12-/t21-/m0/s1. The average Bonchev–Trinajstić information content (AvgIpc) is 2.70. The molecule has 0 saturated heterocycles. The summed E-state index contributed by atoms with van der Waals surface area (Å²) in [6.45, 7) is 0. The summed E-state index contributed by atoms with van der Waals surface area (Å²) in [4.78, 5) is 0. The van der Waals surface area contributed by atoms with E-state index in [0.29, 0.717) is 11.3 Å². The molecule has 0 aromatic heterocycles. The molecule has 0 bridgehead atoms. The molecule has 4 rings (SSSR count). The zero-order valence-corrected chi connectivity index (χ0v) is 15.1. The maximum absolute atomic E-state index is 13.4. The lowest BCUT2D eigenvalue weighted by atomic mass is 9.77. The minimum Gasteiger partial charge on any atom is -0.440 e. The van der Waals surface area contributed by atoms with Crippen LogP contribution in [0.5, 0.6) is 0 Å². The fraction of sp³-hybridized carbons (Fsp3) is 0.174. The Morgan fingerprint density at radius 1 is 1.00 bits per heavy atom. The van der Waals surface area contributed by atoms with E-state index in [1.165, 1.54) is 24.3 Å². The summed E-state index contributed by atoms with van der Waals surface area (Å²) >= 11 is 0. The summed E-state index contributed by atoms with van der Waals surface area (Å²) in [5.74, 6) is -0.238. The van der Waals surface area contributed by atoms with E-state index in [9.17, 15) is 14.0 Å². The van der Waals surface area contributed by atoms with Gasteiger partial charge in [-0.25, -0.2) is 8.78 Å². The van der Waals surface area contributed by atoms with Gasteiger partial charge in [-0.2, -0.15) is 5.26 Å².